The van der Waals surface area contributed by atoms with E-state index in [1.54, 1.807) is 24.3 Å². The summed E-state index contributed by atoms with van der Waals surface area (Å²) in [5.41, 5.74) is 0.710. The van der Waals surface area contributed by atoms with Crippen LogP contribution in [0.4, 0.5) is 14.6 Å². The number of carbonyl (C=O) groups is 1. The van der Waals surface area contributed by atoms with Gasteiger partial charge in [-0.25, -0.2) is 13.8 Å². The second kappa shape index (κ2) is 6.57. The van der Waals surface area contributed by atoms with Crippen LogP contribution >= 0.6 is 0 Å². The first kappa shape index (κ1) is 15.8. The quantitative estimate of drug-likeness (QED) is 0.767. The Morgan fingerprint density at radius 2 is 2.04 bits per heavy atom. The number of nitrogens with one attached hydrogen (secondary N) is 1. The predicted molar refractivity (Wildman–Crippen MR) is 82.9 cm³/mol. The lowest BCUT2D eigenvalue weighted by molar-refractivity contribution is -0.116. The number of carbonyl (C=O) groups excluding carboxylic acids is 1. The number of benzene rings is 1. The summed E-state index contributed by atoms with van der Waals surface area (Å²) in [6, 6.07) is 8.35. The van der Waals surface area contributed by atoms with Crippen molar-refractivity contribution in [2.24, 2.45) is 0 Å². The summed E-state index contributed by atoms with van der Waals surface area (Å²) in [5.74, 6) is -0.345. The molecular weight excluding hydrogens is 320 g/mol. The number of rotatable bonds is 5. The Balaban J connectivity index is 1.77. The first-order valence-corrected chi connectivity index (χ1v) is 7.09. The summed E-state index contributed by atoms with van der Waals surface area (Å²) in [4.78, 5) is 28.1. The first-order chi connectivity index (χ1) is 11.5. The van der Waals surface area contributed by atoms with Crippen molar-refractivity contribution in [3.8, 4) is 0 Å². The van der Waals surface area contributed by atoms with Crippen LogP contribution in [0.2, 0.25) is 0 Å². The largest absolute Gasteiger partial charge is 0.308 e. The average molecular weight is 333 g/mol. The Hall–Kier alpha value is -3.10. The standard InChI is InChI=1S/C15H13F2N5O2/c16-12(17)8-21-6-5-13(20-21)19-14(23)9-22-11-4-2-1-3-10(11)18-7-15(22)24/h1-7,12H,8-9H2,(H,19,20,23). The number of alkyl halides is 2. The van der Waals surface area contributed by atoms with Gasteiger partial charge in [-0.05, 0) is 12.1 Å². The summed E-state index contributed by atoms with van der Waals surface area (Å²) in [6.07, 6.45) is -0.0434. The van der Waals surface area contributed by atoms with Crippen LogP contribution in [0.25, 0.3) is 11.0 Å². The van der Waals surface area contributed by atoms with Gasteiger partial charge < -0.3 is 5.32 Å². The van der Waals surface area contributed by atoms with Crippen LogP contribution in [0.1, 0.15) is 0 Å². The van der Waals surface area contributed by atoms with Crippen molar-refractivity contribution >= 4 is 22.8 Å². The molecule has 0 atom stereocenters. The van der Waals surface area contributed by atoms with Gasteiger partial charge in [-0.3, -0.25) is 18.8 Å². The molecule has 0 aliphatic rings. The molecule has 3 rings (SSSR count). The minimum atomic E-state index is -2.53. The number of fused-ring (bicyclic) bond motifs is 1. The summed E-state index contributed by atoms with van der Waals surface area (Å²) >= 11 is 0. The number of amides is 1. The third-order valence-corrected chi connectivity index (χ3v) is 3.29. The van der Waals surface area contributed by atoms with E-state index in [9.17, 15) is 18.4 Å². The SMILES string of the molecule is O=C(Cn1c(=O)cnc2ccccc21)Nc1ccn(CC(F)F)n1. The van der Waals surface area contributed by atoms with Crippen molar-refractivity contribution in [3.05, 3.63) is 53.1 Å². The number of hydrogen-bond donors (Lipinski definition) is 1. The molecule has 1 aromatic carbocycles. The summed E-state index contributed by atoms with van der Waals surface area (Å²) < 4.78 is 26.9. The molecule has 0 aliphatic carbocycles. The molecule has 0 bridgehead atoms. The number of nitrogens with zero attached hydrogens (tertiary/aromatic N) is 4. The molecule has 0 radical (unpaired) electrons. The molecule has 0 unspecified atom stereocenters. The molecule has 3 aromatic rings. The van der Waals surface area contributed by atoms with Crippen LogP contribution in [-0.2, 0) is 17.9 Å². The van der Waals surface area contributed by atoms with E-state index in [1.807, 2.05) is 0 Å². The van der Waals surface area contributed by atoms with E-state index in [0.717, 1.165) is 10.9 Å². The minimum Gasteiger partial charge on any atom is -0.308 e. The minimum absolute atomic E-state index is 0.145. The Bertz CT molecular complexity index is 935. The number of para-hydroxylation sites is 2. The molecule has 0 saturated carbocycles. The molecule has 0 fully saturated rings. The van der Waals surface area contributed by atoms with Crippen LogP contribution in [0, 0.1) is 0 Å². The normalized spacial score (nSPS) is 11.1. The zero-order valence-electron chi connectivity index (χ0n) is 12.4. The van der Waals surface area contributed by atoms with E-state index < -0.39 is 24.4 Å². The zero-order valence-corrected chi connectivity index (χ0v) is 12.4. The third kappa shape index (κ3) is 3.45. The molecule has 124 valence electrons. The highest BCUT2D eigenvalue weighted by molar-refractivity contribution is 5.90. The predicted octanol–water partition coefficient (Wildman–Crippen LogP) is 1.50. The molecule has 1 amide bonds. The maximum atomic E-state index is 12.3. The Labute approximate surface area is 134 Å². The smallest absolute Gasteiger partial charge is 0.269 e. The molecule has 2 aromatic heterocycles. The Kier molecular flexibility index (Phi) is 4.32. The van der Waals surface area contributed by atoms with Gasteiger partial charge in [-0.2, -0.15) is 5.10 Å². The van der Waals surface area contributed by atoms with Crippen LogP contribution in [0.15, 0.2) is 47.5 Å². The molecular formula is C15H13F2N5O2. The van der Waals surface area contributed by atoms with Gasteiger partial charge in [-0.15, -0.1) is 0 Å². The van der Waals surface area contributed by atoms with Crippen LogP contribution in [0.5, 0.6) is 0 Å². The van der Waals surface area contributed by atoms with E-state index in [0.29, 0.717) is 11.0 Å². The number of hydrogen-bond acceptors (Lipinski definition) is 4. The van der Waals surface area contributed by atoms with Gasteiger partial charge in [0.15, 0.2) is 5.82 Å². The highest BCUT2D eigenvalue weighted by atomic mass is 19.3. The maximum absolute atomic E-state index is 12.3. The second-order valence-electron chi connectivity index (χ2n) is 5.03. The summed E-state index contributed by atoms with van der Waals surface area (Å²) in [7, 11) is 0. The van der Waals surface area contributed by atoms with Gasteiger partial charge >= 0.3 is 0 Å². The van der Waals surface area contributed by atoms with E-state index >= 15 is 0 Å². The van der Waals surface area contributed by atoms with Crippen molar-refractivity contribution in [1.29, 1.82) is 0 Å². The van der Waals surface area contributed by atoms with Gasteiger partial charge in [-0.1, -0.05) is 12.1 Å². The van der Waals surface area contributed by atoms with Crippen LogP contribution in [-0.4, -0.2) is 31.7 Å². The van der Waals surface area contributed by atoms with Gasteiger partial charge in [0.25, 0.3) is 12.0 Å². The van der Waals surface area contributed by atoms with Crippen molar-refractivity contribution in [2.75, 3.05) is 5.32 Å². The first-order valence-electron chi connectivity index (χ1n) is 7.09. The maximum Gasteiger partial charge on any atom is 0.269 e. The van der Waals surface area contributed by atoms with Gasteiger partial charge in [0, 0.05) is 12.3 Å². The molecule has 24 heavy (non-hydrogen) atoms. The molecule has 9 heteroatoms. The topological polar surface area (TPSA) is 81.8 Å². The van der Waals surface area contributed by atoms with Crippen LogP contribution in [0.3, 0.4) is 0 Å². The molecule has 7 nitrogen and oxygen atoms in total. The molecule has 0 aliphatic heterocycles. The highest BCUT2D eigenvalue weighted by Gasteiger charge is 2.11. The molecule has 0 spiro atoms. The lowest BCUT2D eigenvalue weighted by Gasteiger charge is -2.08. The lowest BCUT2D eigenvalue weighted by Crippen LogP contribution is -2.28. The fourth-order valence-electron chi connectivity index (χ4n) is 2.28. The van der Waals surface area contributed by atoms with Gasteiger partial charge in [0.2, 0.25) is 5.91 Å². The number of anilines is 1. The molecule has 0 saturated heterocycles. The Morgan fingerprint density at radius 1 is 1.25 bits per heavy atom. The van der Waals surface area contributed by atoms with E-state index in [-0.39, 0.29) is 12.4 Å². The monoisotopic (exact) mass is 333 g/mol. The van der Waals surface area contributed by atoms with E-state index in [2.05, 4.69) is 15.4 Å². The fraction of sp³-hybridized carbons (Fsp3) is 0.200. The number of halogens is 2. The van der Waals surface area contributed by atoms with E-state index in [4.69, 9.17) is 0 Å². The second-order valence-corrected chi connectivity index (χ2v) is 5.03. The molecule has 1 N–H and O–H groups in total. The van der Waals surface area contributed by atoms with Gasteiger partial charge in [0.1, 0.15) is 13.1 Å². The lowest BCUT2D eigenvalue weighted by atomic mass is 10.3. The molecule has 2 heterocycles. The summed E-state index contributed by atoms with van der Waals surface area (Å²) in [5, 5.41) is 6.30. The third-order valence-electron chi connectivity index (χ3n) is 3.29. The van der Waals surface area contributed by atoms with Crippen molar-refractivity contribution in [3.63, 3.8) is 0 Å². The fourth-order valence-corrected chi connectivity index (χ4v) is 2.28. The van der Waals surface area contributed by atoms with E-state index in [1.165, 1.54) is 16.8 Å². The van der Waals surface area contributed by atoms with Crippen molar-refractivity contribution in [1.82, 2.24) is 19.3 Å². The van der Waals surface area contributed by atoms with Crippen molar-refractivity contribution < 1.29 is 13.6 Å². The zero-order chi connectivity index (χ0) is 17.1. The average Bonchev–Trinajstić information content (AvgIpc) is 2.96. The Morgan fingerprint density at radius 3 is 2.83 bits per heavy atom. The van der Waals surface area contributed by atoms with Crippen molar-refractivity contribution in [2.45, 2.75) is 19.5 Å². The highest BCUT2D eigenvalue weighted by Crippen LogP contribution is 2.09. The number of aromatic nitrogens is 4. The van der Waals surface area contributed by atoms with Crippen LogP contribution < -0.4 is 10.9 Å². The summed E-state index contributed by atoms with van der Waals surface area (Å²) in [6.45, 7) is -0.784. The van der Waals surface area contributed by atoms with Gasteiger partial charge in [0.05, 0.1) is 17.2 Å².